The van der Waals surface area contributed by atoms with E-state index in [0.717, 1.165) is 48.3 Å². The molecule has 6 heteroatoms. The first-order valence-electron chi connectivity index (χ1n) is 11.8. The molecule has 0 aliphatic heterocycles. The summed E-state index contributed by atoms with van der Waals surface area (Å²) in [6, 6.07) is 18.1. The summed E-state index contributed by atoms with van der Waals surface area (Å²) in [6.45, 7) is 0.714. The van der Waals surface area contributed by atoms with E-state index in [4.69, 9.17) is 5.73 Å². The number of hydrogen-bond acceptors (Lipinski definition) is 5. The first kappa shape index (κ1) is 22.9. The van der Waals surface area contributed by atoms with Gasteiger partial charge in [0.1, 0.15) is 5.82 Å². The van der Waals surface area contributed by atoms with E-state index in [1.54, 1.807) is 6.20 Å². The zero-order valence-corrected chi connectivity index (χ0v) is 19.2. The maximum Gasteiger partial charge on any atom is 0.223 e. The molecule has 4 rings (SSSR count). The molecule has 3 aromatic rings. The highest BCUT2D eigenvalue weighted by molar-refractivity contribution is 5.79. The second kappa shape index (κ2) is 11.1. The zero-order chi connectivity index (χ0) is 23.0. The Morgan fingerprint density at radius 2 is 1.70 bits per heavy atom. The molecular formula is C27H33N5O. The lowest BCUT2D eigenvalue weighted by Crippen LogP contribution is -2.37. The van der Waals surface area contributed by atoms with Crippen LogP contribution < -0.4 is 16.4 Å². The van der Waals surface area contributed by atoms with E-state index in [2.05, 4.69) is 38.8 Å². The molecule has 0 radical (unpaired) electrons. The number of aromatic nitrogens is 2. The third kappa shape index (κ3) is 5.96. The number of carbonyl (C=O) groups excluding carboxylic acids is 1. The predicted octanol–water partition coefficient (Wildman–Crippen LogP) is 4.35. The summed E-state index contributed by atoms with van der Waals surface area (Å²) in [5, 5.41) is 6.41. The topological polar surface area (TPSA) is 92.9 Å². The number of nitrogens with zero attached hydrogens (tertiary/aromatic N) is 2. The first-order valence-corrected chi connectivity index (χ1v) is 11.8. The number of rotatable bonds is 8. The lowest BCUT2D eigenvalue weighted by Gasteiger charge is -2.28. The van der Waals surface area contributed by atoms with E-state index in [1.165, 1.54) is 5.56 Å². The van der Waals surface area contributed by atoms with Gasteiger partial charge >= 0.3 is 0 Å². The molecular weight excluding hydrogens is 410 g/mol. The Morgan fingerprint density at radius 3 is 2.39 bits per heavy atom. The van der Waals surface area contributed by atoms with Crippen molar-refractivity contribution in [1.82, 2.24) is 15.3 Å². The van der Waals surface area contributed by atoms with Gasteiger partial charge in [0, 0.05) is 25.4 Å². The number of hydrogen-bond donors (Lipinski definition) is 3. The quantitative estimate of drug-likeness (QED) is 0.481. The summed E-state index contributed by atoms with van der Waals surface area (Å²) in [5.41, 5.74) is 9.97. The van der Waals surface area contributed by atoms with Gasteiger partial charge in [0.25, 0.3) is 0 Å². The standard InChI is InChI=1S/C27H33N5O/c1-29-26-17-23(12-14-31-26)22-11-13-30-24(16-22)25(15-19-5-3-2-4-6-19)32-27(33)21-9-7-20(18-28)8-10-21/h2-6,11-14,16-17,20-21,25H,7-10,15,18,28H2,1H3,(H,29,31)(H,32,33)/t20-,21-,25?. The van der Waals surface area contributed by atoms with Crippen molar-refractivity contribution < 1.29 is 4.79 Å². The van der Waals surface area contributed by atoms with Crippen LogP contribution in [-0.2, 0) is 11.2 Å². The number of nitrogens with one attached hydrogen (secondary N) is 2. The number of benzene rings is 1. The summed E-state index contributed by atoms with van der Waals surface area (Å²) >= 11 is 0. The largest absolute Gasteiger partial charge is 0.373 e. The van der Waals surface area contributed by atoms with E-state index in [0.29, 0.717) is 18.9 Å². The van der Waals surface area contributed by atoms with Gasteiger partial charge < -0.3 is 16.4 Å². The smallest absolute Gasteiger partial charge is 0.223 e. The van der Waals surface area contributed by atoms with E-state index in [-0.39, 0.29) is 17.9 Å². The summed E-state index contributed by atoms with van der Waals surface area (Å²) in [4.78, 5) is 22.2. The number of carbonyl (C=O) groups is 1. The van der Waals surface area contributed by atoms with Gasteiger partial charge in [0.05, 0.1) is 11.7 Å². The lowest BCUT2D eigenvalue weighted by atomic mass is 9.81. The molecule has 6 nitrogen and oxygen atoms in total. The second-order valence-corrected chi connectivity index (χ2v) is 8.85. The van der Waals surface area contributed by atoms with Gasteiger partial charge in [-0.3, -0.25) is 9.78 Å². The van der Waals surface area contributed by atoms with Gasteiger partial charge in [0.2, 0.25) is 5.91 Å². The highest BCUT2D eigenvalue weighted by atomic mass is 16.1. The van der Waals surface area contributed by atoms with E-state index in [1.807, 2.05) is 49.6 Å². The maximum absolute atomic E-state index is 13.2. The van der Waals surface area contributed by atoms with Crippen molar-refractivity contribution >= 4 is 11.7 Å². The fourth-order valence-electron chi connectivity index (χ4n) is 4.59. The van der Waals surface area contributed by atoms with Gasteiger partial charge in [-0.05, 0) is 85.5 Å². The van der Waals surface area contributed by atoms with Gasteiger partial charge in [0.15, 0.2) is 0 Å². The molecule has 1 aliphatic carbocycles. The van der Waals surface area contributed by atoms with E-state index in [9.17, 15) is 4.79 Å². The fraction of sp³-hybridized carbons (Fsp3) is 0.370. The fourth-order valence-corrected chi connectivity index (χ4v) is 4.59. The molecule has 1 amide bonds. The SMILES string of the molecule is CNc1cc(-c2ccnc(C(Cc3ccccc3)NC(=O)[C@H]3CC[C@H](CN)CC3)c2)ccn1. The molecule has 1 atom stereocenters. The molecule has 0 bridgehead atoms. The van der Waals surface area contributed by atoms with Crippen LogP contribution >= 0.6 is 0 Å². The average Bonchev–Trinajstić information content (AvgIpc) is 2.89. The van der Waals surface area contributed by atoms with Crippen LogP contribution in [0.15, 0.2) is 67.0 Å². The van der Waals surface area contributed by atoms with Crippen LogP contribution in [0.2, 0.25) is 0 Å². The van der Waals surface area contributed by atoms with Crippen molar-refractivity contribution in [3.05, 3.63) is 78.2 Å². The first-order chi connectivity index (χ1) is 16.2. The predicted molar refractivity (Wildman–Crippen MR) is 133 cm³/mol. The Bertz CT molecular complexity index is 1050. The summed E-state index contributed by atoms with van der Waals surface area (Å²) in [6.07, 6.45) is 8.18. The molecule has 2 aromatic heterocycles. The van der Waals surface area contributed by atoms with Crippen LogP contribution in [-0.4, -0.2) is 29.5 Å². The molecule has 0 spiro atoms. The number of nitrogens with two attached hydrogens (primary N) is 1. The number of pyridine rings is 2. The van der Waals surface area contributed by atoms with Crippen LogP contribution in [0.25, 0.3) is 11.1 Å². The molecule has 0 saturated heterocycles. The summed E-state index contributed by atoms with van der Waals surface area (Å²) < 4.78 is 0. The van der Waals surface area contributed by atoms with Crippen molar-refractivity contribution in [2.75, 3.05) is 18.9 Å². The second-order valence-electron chi connectivity index (χ2n) is 8.85. The van der Waals surface area contributed by atoms with E-state index >= 15 is 0 Å². The minimum Gasteiger partial charge on any atom is -0.373 e. The van der Waals surface area contributed by atoms with Crippen LogP contribution in [0.5, 0.6) is 0 Å². The molecule has 4 N–H and O–H groups in total. The van der Waals surface area contributed by atoms with Crippen LogP contribution in [0.3, 0.4) is 0 Å². The van der Waals surface area contributed by atoms with E-state index < -0.39 is 0 Å². The van der Waals surface area contributed by atoms with Crippen molar-refractivity contribution in [2.24, 2.45) is 17.6 Å². The summed E-state index contributed by atoms with van der Waals surface area (Å²) in [7, 11) is 1.86. The number of amides is 1. The molecule has 1 fully saturated rings. The van der Waals surface area contributed by atoms with Gasteiger partial charge in [-0.25, -0.2) is 4.98 Å². The Morgan fingerprint density at radius 1 is 1.00 bits per heavy atom. The lowest BCUT2D eigenvalue weighted by molar-refractivity contribution is -0.127. The van der Waals surface area contributed by atoms with Gasteiger partial charge in [-0.15, -0.1) is 0 Å². The Balaban J connectivity index is 1.57. The minimum atomic E-state index is -0.197. The average molecular weight is 444 g/mol. The maximum atomic E-state index is 13.2. The summed E-state index contributed by atoms with van der Waals surface area (Å²) in [5.74, 6) is 1.54. The van der Waals surface area contributed by atoms with Crippen LogP contribution in [0.1, 0.15) is 43.0 Å². The minimum absolute atomic E-state index is 0.0487. The Kier molecular flexibility index (Phi) is 7.68. The van der Waals surface area contributed by atoms with Gasteiger partial charge in [-0.2, -0.15) is 0 Å². The van der Waals surface area contributed by atoms with Crippen molar-refractivity contribution in [1.29, 1.82) is 0 Å². The highest BCUT2D eigenvalue weighted by Crippen LogP contribution is 2.30. The molecule has 33 heavy (non-hydrogen) atoms. The molecule has 1 aromatic carbocycles. The van der Waals surface area contributed by atoms with Crippen molar-refractivity contribution in [2.45, 2.75) is 38.1 Å². The zero-order valence-electron chi connectivity index (χ0n) is 19.2. The van der Waals surface area contributed by atoms with Crippen LogP contribution in [0, 0.1) is 11.8 Å². The molecule has 2 heterocycles. The molecule has 1 saturated carbocycles. The molecule has 1 unspecified atom stereocenters. The third-order valence-electron chi connectivity index (χ3n) is 6.64. The van der Waals surface area contributed by atoms with Crippen LogP contribution in [0.4, 0.5) is 5.82 Å². The van der Waals surface area contributed by atoms with Gasteiger partial charge in [-0.1, -0.05) is 30.3 Å². The monoisotopic (exact) mass is 443 g/mol. The van der Waals surface area contributed by atoms with Crippen molar-refractivity contribution in [3.63, 3.8) is 0 Å². The Labute approximate surface area is 196 Å². The third-order valence-corrected chi connectivity index (χ3v) is 6.64. The Hall–Kier alpha value is -3.25. The van der Waals surface area contributed by atoms with Crippen molar-refractivity contribution in [3.8, 4) is 11.1 Å². The number of anilines is 1. The molecule has 1 aliphatic rings. The normalized spacial score (nSPS) is 19.0. The highest BCUT2D eigenvalue weighted by Gasteiger charge is 2.28. The molecule has 172 valence electrons.